The van der Waals surface area contributed by atoms with Crippen LogP contribution in [0.25, 0.3) is 0 Å². The third-order valence-electron chi connectivity index (χ3n) is 3.68. The Bertz CT molecular complexity index is 418. The molecule has 18 heavy (non-hydrogen) atoms. The number of anilines is 1. The Morgan fingerprint density at radius 1 is 1.39 bits per heavy atom. The summed E-state index contributed by atoms with van der Waals surface area (Å²) in [7, 11) is 0. The second kappa shape index (κ2) is 5.61. The van der Waals surface area contributed by atoms with Gasteiger partial charge in [0.1, 0.15) is 6.54 Å². The van der Waals surface area contributed by atoms with Crippen molar-refractivity contribution in [2.24, 2.45) is 5.92 Å². The van der Waals surface area contributed by atoms with Crippen molar-refractivity contribution in [3.63, 3.8) is 0 Å². The lowest BCUT2D eigenvalue weighted by atomic mass is 10.0. The molecule has 0 spiro atoms. The van der Waals surface area contributed by atoms with Crippen molar-refractivity contribution in [3.8, 4) is 0 Å². The largest absolute Gasteiger partial charge is 0.480 e. The van der Waals surface area contributed by atoms with Crippen LogP contribution in [0.15, 0.2) is 24.3 Å². The highest BCUT2D eigenvalue weighted by Crippen LogP contribution is 2.32. The van der Waals surface area contributed by atoms with E-state index in [-0.39, 0.29) is 6.54 Å². The first kappa shape index (κ1) is 13.2. The molecular formula is C14H18ClNO2. The predicted octanol–water partition coefficient (Wildman–Crippen LogP) is 3.42. The molecule has 0 radical (unpaired) electrons. The van der Waals surface area contributed by atoms with Gasteiger partial charge in [0.15, 0.2) is 0 Å². The molecule has 1 fully saturated rings. The highest BCUT2D eigenvalue weighted by atomic mass is 35.5. The Labute approximate surface area is 112 Å². The number of carboxylic acid groups (broad SMARTS) is 1. The van der Waals surface area contributed by atoms with Crippen molar-refractivity contribution in [1.82, 2.24) is 0 Å². The summed E-state index contributed by atoms with van der Waals surface area (Å²) in [6, 6.07) is 7.74. The van der Waals surface area contributed by atoms with Gasteiger partial charge in [-0.1, -0.05) is 24.9 Å². The van der Waals surface area contributed by atoms with E-state index in [1.165, 1.54) is 12.8 Å². The molecule has 0 bridgehead atoms. The van der Waals surface area contributed by atoms with Crippen LogP contribution in [0.3, 0.4) is 0 Å². The summed E-state index contributed by atoms with van der Waals surface area (Å²) >= 11 is 5.88. The monoisotopic (exact) mass is 267 g/mol. The first-order valence-corrected chi connectivity index (χ1v) is 6.69. The van der Waals surface area contributed by atoms with Crippen molar-refractivity contribution < 1.29 is 9.90 Å². The summed E-state index contributed by atoms with van der Waals surface area (Å²) < 4.78 is 0. The molecule has 0 heterocycles. The fourth-order valence-electron chi connectivity index (χ4n) is 2.77. The van der Waals surface area contributed by atoms with Gasteiger partial charge in [-0.3, -0.25) is 4.79 Å². The van der Waals surface area contributed by atoms with E-state index in [0.717, 1.165) is 12.1 Å². The maximum Gasteiger partial charge on any atom is 0.323 e. The summed E-state index contributed by atoms with van der Waals surface area (Å²) in [5.41, 5.74) is 0.945. The van der Waals surface area contributed by atoms with Crippen LogP contribution in [0.1, 0.15) is 26.2 Å². The maximum atomic E-state index is 11.0. The van der Waals surface area contributed by atoms with E-state index >= 15 is 0 Å². The smallest absolute Gasteiger partial charge is 0.323 e. The zero-order valence-corrected chi connectivity index (χ0v) is 11.2. The normalized spacial score (nSPS) is 23.0. The molecular weight excluding hydrogens is 250 g/mol. The zero-order chi connectivity index (χ0) is 13.1. The number of carboxylic acids is 1. The maximum absolute atomic E-state index is 11.0. The van der Waals surface area contributed by atoms with Gasteiger partial charge in [-0.15, -0.1) is 0 Å². The fraction of sp³-hybridized carbons (Fsp3) is 0.500. The van der Waals surface area contributed by atoms with Crippen molar-refractivity contribution >= 4 is 23.3 Å². The Morgan fingerprint density at radius 2 is 2.06 bits per heavy atom. The molecule has 3 nitrogen and oxygen atoms in total. The summed E-state index contributed by atoms with van der Waals surface area (Å²) in [5.74, 6) is -0.246. The quantitative estimate of drug-likeness (QED) is 0.909. The third-order valence-corrected chi connectivity index (χ3v) is 3.93. The Balaban J connectivity index is 2.24. The number of halogens is 1. The van der Waals surface area contributed by atoms with E-state index in [4.69, 9.17) is 16.7 Å². The van der Waals surface area contributed by atoms with Crippen LogP contribution in [0.4, 0.5) is 5.69 Å². The van der Waals surface area contributed by atoms with Crippen LogP contribution < -0.4 is 4.90 Å². The average Bonchev–Trinajstić information content (AvgIpc) is 2.73. The highest BCUT2D eigenvalue weighted by molar-refractivity contribution is 6.30. The van der Waals surface area contributed by atoms with Gasteiger partial charge in [0, 0.05) is 16.8 Å². The Kier molecular flexibility index (Phi) is 4.12. The van der Waals surface area contributed by atoms with Crippen LogP contribution >= 0.6 is 11.6 Å². The minimum atomic E-state index is -0.788. The minimum absolute atomic E-state index is 0.0522. The number of nitrogens with zero attached hydrogens (tertiary/aromatic N) is 1. The molecule has 0 aromatic heterocycles. The van der Waals surface area contributed by atoms with E-state index in [1.807, 2.05) is 29.2 Å². The molecule has 1 saturated carbocycles. The van der Waals surface area contributed by atoms with Gasteiger partial charge < -0.3 is 10.0 Å². The van der Waals surface area contributed by atoms with E-state index in [2.05, 4.69) is 6.92 Å². The first-order valence-electron chi connectivity index (χ1n) is 6.32. The lowest BCUT2D eigenvalue weighted by molar-refractivity contribution is -0.135. The molecule has 0 amide bonds. The van der Waals surface area contributed by atoms with Crippen molar-refractivity contribution in [3.05, 3.63) is 29.3 Å². The van der Waals surface area contributed by atoms with Crippen LogP contribution in [-0.2, 0) is 4.79 Å². The van der Waals surface area contributed by atoms with Gasteiger partial charge in [-0.2, -0.15) is 0 Å². The van der Waals surface area contributed by atoms with Gasteiger partial charge in [0.2, 0.25) is 0 Å². The second-order valence-corrected chi connectivity index (χ2v) is 5.41. The average molecular weight is 268 g/mol. The lowest BCUT2D eigenvalue weighted by Gasteiger charge is -2.32. The first-order chi connectivity index (χ1) is 8.58. The molecule has 0 aliphatic heterocycles. The number of aliphatic carboxylic acids is 1. The predicted molar refractivity (Wildman–Crippen MR) is 73.2 cm³/mol. The van der Waals surface area contributed by atoms with Gasteiger partial charge in [0.25, 0.3) is 0 Å². The van der Waals surface area contributed by atoms with E-state index < -0.39 is 5.97 Å². The third kappa shape index (κ3) is 2.96. The van der Waals surface area contributed by atoms with Crippen molar-refractivity contribution in [2.45, 2.75) is 32.2 Å². The van der Waals surface area contributed by atoms with Crippen LogP contribution in [0, 0.1) is 5.92 Å². The van der Waals surface area contributed by atoms with Gasteiger partial charge in [-0.05, 0) is 43.0 Å². The molecule has 98 valence electrons. The highest BCUT2D eigenvalue weighted by Gasteiger charge is 2.30. The molecule has 1 aromatic rings. The number of hydrogen-bond donors (Lipinski definition) is 1. The molecule has 1 aliphatic carbocycles. The summed E-state index contributed by atoms with van der Waals surface area (Å²) in [5, 5.41) is 9.75. The van der Waals surface area contributed by atoms with E-state index in [0.29, 0.717) is 17.0 Å². The van der Waals surface area contributed by atoms with E-state index in [1.54, 1.807) is 0 Å². The molecule has 2 unspecified atom stereocenters. The zero-order valence-electron chi connectivity index (χ0n) is 10.5. The minimum Gasteiger partial charge on any atom is -0.480 e. The number of hydrogen-bond acceptors (Lipinski definition) is 2. The molecule has 1 aromatic carbocycles. The van der Waals surface area contributed by atoms with Crippen molar-refractivity contribution in [2.75, 3.05) is 11.4 Å². The number of carbonyl (C=O) groups is 1. The summed E-state index contributed by atoms with van der Waals surface area (Å²) in [6.07, 6.45) is 3.42. The number of benzene rings is 1. The van der Waals surface area contributed by atoms with Gasteiger partial charge in [-0.25, -0.2) is 0 Å². The second-order valence-electron chi connectivity index (χ2n) is 4.97. The standard InChI is InChI=1S/C14H18ClNO2/c1-10-3-2-4-13(10)16(9-14(17)18)12-7-5-11(15)6-8-12/h5-8,10,13H,2-4,9H2,1H3,(H,17,18). The van der Waals surface area contributed by atoms with Crippen molar-refractivity contribution in [1.29, 1.82) is 0 Å². The van der Waals surface area contributed by atoms with Crippen LogP contribution in [-0.4, -0.2) is 23.7 Å². The lowest BCUT2D eigenvalue weighted by Crippen LogP contribution is -2.40. The Hall–Kier alpha value is -1.22. The molecule has 1 N–H and O–H groups in total. The van der Waals surface area contributed by atoms with E-state index in [9.17, 15) is 4.79 Å². The van der Waals surface area contributed by atoms with Crippen LogP contribution in [0.5, 0.6) is 0 Å². The molecule has 2 atom stereocenters. The summed E-state index contributed by atoms with van der Waals surface area (Å²) in [4.78, 5) is 13.0. The van der Waals surface area contributed by atoms with Crippen LogP contribution in [0.2, 0.25) is 5.02 Å². The number of rotatable bonds is 4. The molecule has 2 rings (SSSR count). The molecule has 0 saturated heterocycles. The Morgan fingerprint density at radius 3 is 2.56 bits per heavy atom. The van der Waals surface area contributed by atoms with Gasteiger partial charge >= 0.3 is 5.97 Å². The van der Waals surface area contributed by atoms with Gasteiger partial charge in [0.05, 0.1) is 0 Å². The fourth-order valence-corrected chi connectivity index (χ4v) is 2.89. The summed E-state index contributed by atoms with van der Waals surface area (Å²) in [6.45, 7) is 2.25. The SMILES string of the molecule is CC1CCCC1N(CC(=O)O)c1ccc(Cl)cc1. The topological polar surface area (TPSA) is 40.5 Å². The molecule has 4 heteroatoms. The molecule has 1 aliphatic rings.